The molecule has 14 nitrogen and oxygen atoms in total. The predicted molar refractivity (Wildman–Crippen MR) is 155 cm³/mol. The number of nitrogens with two attached hydrogens (primary N) is 1. The van der Waals surface area contributed by atoms with E-state index in [1.807, 2.05) is 6.92 Å². The first-order chi connectivity index (χ1) is 23.3. The van der Waals surface area contributed by atoms with Crippen molar-refractivity contribution in [1.82, 2.24) is 34.2 Å². The Morgan fingerprint density at radius 3 is 2.77 bits per heavy atom. The van der Waals surface area contributed by atoms with Gasteiger partial charge in [0.05, 0.1) is 41.5 Å². The second-order valence-corrected chi connectivity index (χ2v) is 11.6. The zero-order valence-electron chi connectivity index (χ0n) is 30.0. The van der Waals surface area contributed by atoms with Crippen LogP contribution in [0.4, 0.5) is 16.4 Å². The minimum atomic E-state index is -3.02. The van der Waals surface area contributed by atoms with Gasteiger partial charge in [0.15, 0.2) is 5.65 Å². The predicted octanol–water partition coefficient (Wildman–Crippen LogP) is 2.45. The number of alkyl carbamates (subject to hydrolysis) is 1. The number of imidazole rings is 1. The van der Waals surface area contributed by atoms with Gasteiger partial charge in [-0.2, -0.15) is 10.4 Å². The van der Waals surface area contributed by atoms with Gasteiger partial charge in [-0.05, 0) is 56.6 Å². The van der Waals surface area contributed by atoms with Gasteiger partial charge in [-0.25, -0.2) is 24.2 Å². The fraction of sp³-hybridized carbons (Fsp3) is 0.483. The lowest BCUT2D eigenvalue weighted by atomic mass is 10.0. The van der Waals surface area contributed by atoms with Crippen molar-refractivity contribution in [3.63, 3.8) is 0 Å². The molecule has 0 saturated heterocycles. The molecule has 14 heteroatoms. The zero-order chi connectivity index (χ0) is 36.2. The van der Waals surface area contributed by atoms with E-state index in [-0.39, 0.29) is 47.8 Å². The number of rotatable bonds is 7. The van der Waals surface area contributed by atoms with Gasteiger partial charge in [-0.3, -0.25) is 13.9 Å². The third kappa shape index (κ3) is 3.98. The zero-order valence-corrected chi connectivity index (χ0v) is 23.0. The number of nitrogens with one attached hydrogen (secondary N) is 2. The fourth-order valence-corrected chi connectivity index (χ4v) is 6.38. The van der Waals surface area contributed by atoms with Gasteiger partial charge in [0.25, 0.3) is 0 Å². The number of nitriles is 1. The van der Waals surface area contributed by atoms with Gasteiger partial charge in [-0.1, -0.05) is 6.92 Å². The molecule has 0 unspecified atom stereocenters. The number of amides is 2. The van der Waals surface area contributed by atoms with Crippen LogP contribution < -0.4 is 22.1 Å². The SMILES string of the molecule is [2H]C([2H])([2H])OC(=O)N[C@]1([2H])CC[C@@H](n2c(=O)n(C([2H])([2H])[2H])c3cnc(Nc4ccc5c(C6(C#N)CC6)nn([C@@]6(C(N)=O)C[C@@H]6C)c5n4)cc32)C1. The van der Waals surface area contributed by atoms with Crippen LogP contribution in [0.3, 0.4) is 0 Å². The van der Waals surface area contributed by atoms with E-state index in [1.54, 1.807) is 12.1 Å². The molecule has 3 saturated carbocycles. The highest BCUT2D eigenvalue weighted by atomic mass is 16.5. The highest BCUT2D eigenvalue weighted by Gasteiger charge is 2.61. The van der Waals surface area contributed by atoms with Gasteiger partial charge >= 0.3 is 11.8 Å². The van der Waals surface area contributed by atoms with Crippen LogP contribution in [0.25, 0.3) is 22.1 Å². The Bertz CT molecular complexity index is 2200. The van der Waals surface area contributed by atoms with Crippen molar-refractivity contribution in [2.75, 3.05) is 12.4 Å². The Hall–Kier alpha value is -4.93. The van der Waals surface area contributed by atoms with Crippen LogP contribution in [-0.4, -0.2) is 53.9 Å². The number of methoxy groups -OCH3 is 1. The molecule has 0 aliphatic heterocycles. The summed E-state index contributed by atoms with van der Waals surface area (Å²) in [4.78, 5) is 47.6. The molecule has 4 aromatic heterocycles. The second kappa shape index (κ2) is 9.29. The molecule has 3 aliphatic carbocycles. The van der Waals surface area contributed by atoms with Crippen LogP contribution in [0.15, 0.2) is 29.2 Å². The number of hydrogen-bond acceptors (Lipinski definition) is 9. The molecule has 0 radical (unpaired) electrons. The Morgan fingerprint density at radius 1 is 1.28 bits per heavy atom. The number of pyridine rings is 2. The van der Waals surface area contributed by atoms with Crippen LogP contribution in [-0.2, 0) is 27.5 Å². The Labute approximate surface area is 255 Å². The highest BCUT2D eigenvalue weighted by molar-refractivity contribution is 5.90. The number of primary amides is 1. The van der Waals surface area contributed by atoms with Gasteiger partial charge in [-0.15, -0.1) is 0 Å². The van der Waals surface area contributed by atoms with E-state index in [2.05, 4.69) is 26.4 Å². The van der Waals surface area contributed by atoms with E-state index in [4.69, 9.17) is 25.4 Å². The normalized spacial score (nSPS) is 30.1. The Morgan fingerprint density at radius 2 is 2.09 bits per heavy atom. The summed E-state index contributed by atoms with van der Waals surface area (Å²) in [5, 5.41) is 20.6. The molecule has 222 valence electrons. The number of ether oxygens (including phenoxy) is 1. The molecule has 4 aromatic rings. The number of aromatic nitrogens is 6. The van der Waals surface area contributed by atoms with Crippen LogP contribution in [0, 0.1) is 17.2 Å². The lowest BCUT2D eigenvalue weighted by Crippen LogP contribution is -2.37. The summed E-state index contributed by atoms with van der Waals surface area (Å²) in [5.41, 5.74) is 4.18. The van der Waals surface area contributed by atoms with Gasteiger partial charge in [0.1, 0.15) is 22.6 Å². The summed E-state index contributed by atoms with van der Waals surface area (Å²) in [5.74, 6) is -0.199. The first-order valence-electron chi connectivity index (χ1n) is 17.3. The number of fused-ring (bicyclic) bond motifs is 2. The molecule has 4 atom stereocenters. The topological polar surface area (TPSA) is 188 Å². The standard InChI is InChI=1S/C29H32N10O4/c1-15-12-29(15,25(31)40)39-24-18(23(36-39)28(14-30)8-9-28)6-7-21(35-24)34-22-11-19-20(13-32-22)37(2)27(42)38(19)17-5-4-16(10-17)33-26(41)43-3/h6-7,11,13,15-17H,4-5,8-10,12H2,1-3H3,(H2,31,40)(H,33,41)(H,32,34,35)/t15-,16+,17+,29-/m0/s1/i2D3,3D3,16D. The molecule has 7 rings (SSSR count). The Kier molecular flexibility index (Phi) is 4.33. The summed E-state index contributed by atoms with van der Waals surface area (Å²) in [6.07, 6.45) is 1.68. The average molecular weight is 592 g/mol. The van der Waals surface area contributed by atoms with E-state index in [0.29, 0.717) is 40.6 Å². The van der Waals surface area contributed by atoms with Crippen molar-refractivity contribution in [2.45, 2.75) is 68.5 Å². The maximum atomic E-state index is 13.7. The highest BCUT2D eigenvalue weighted by Crippen LogP contribution is 2.54. The lowest BCUT2D eigenvalue weighted by Gasteiger charge is -2.15. The van der Waals surface area contributed by atoms with Crippen LogP contribution in [0.5, 0.6) is 0 Å². The molecule has 3 fully saturated rings. The minimum Gasteiger partial charge on any atom is -0.453 e. The van der Waals surface area contributed by atoms with Gasteiger partial charge in [0, 0.05) is 34.6 Å². The number of hydrogen-bond donors (Lipinski definition) is 3. The fourth-order valence-electron chi connectivity index (χ4n) is 6.38. The average Bonchev–Trinajstić information content (AvgIpc) is 3.81. The third-order valence-corrected chi connectivity index (χ3v) is 9.04. The van der Waals surface area contributed by atoms with E-state index in [0.717, 1.165) is 0 Å². The molecule has 0 aromatic carbocycles. The number of carbonyl (C=O) groups is 2. The van der Waals surface area contributed by atoms with Gasteiger partial charge in [0.2, 0.25) is 5.91 Å². The van der Waals surface area contributed by atoms with Crippen molar-refractivity contribution in [2.24, 2.45) is 18.6 Å². The van der Waals surface area contributed by atoms with E-state index >= 15 is 0 Å². The van der Waals surface area contributed by atoms with Crippen LogP contribution >= 0.6 is 0 Å². The molecule has 3 aliphatic rings. The largest absolute Gasteiger partial charge is 0.453 e. The molecular weight excluding hydrogens is 552 g/mol. The second-order valence-electron chi connectivity index (χ2n) is 11.6. The molecule has 4 heterocycles. The summed E-state index contributed by atoms with van der Waals surface area (Å²) in [6.45, 7) is -0.994. The molecule has 2 amide bonds. The van der Waals surface area contributed by atoms with E-state index in [1.165, 1.54) is 21.5 Å². The number of carbonyl (C=O) groups excluding carboxylic acids is 2. The van der Waals surface area contributed by atoms with Crippen LogP contribution in [0.2, 0.25) is 0 Å². The number of aryl methyl sites for hydroxylation is 1. The van der Waals surface area contributed by atoms with Crippen molar-refractivity contribution in [3.8, 4) is 6.07 Å². The maximum Gasteiger partial charge on any atom is 0.407 e. The van der Waals surface area contributed by atoms with Gasteiger partial charge < -0.3 is 21.1 Å². The molecular formula is C29H32N10O4. The summed E-state index contributed by atoms with van der Waals surface area (Å²) < 4.78 is 61.9. The van der Waals surface area contributed by atoms with Crippen molar-refractivity contribution in [1.29, 1.82) is 5.26 Å². The lowest BCUT2D eigenvalue weighted by molar-refractivity contribution is -0.123. The van der Waals surface area contributed by atoms with Crippen molar-refractivity contribution < 1.29 is 23.9 Å². The minimum absolute atomic E-state index is 0.00119. The first-order valence-corrected chi connectivity index (χ1v) is 13.8. The number of nitrogens with zero attached hydrogens (tertiary/aromatic N) is 7. The Balaban J connectivity index is 1.26. The summed E-state index contributed by atoms with van der Waals surface area (Å²) >= 11 is 0. The first kappa shape index (κ1) is 20.1. The maximum absolute atomic E-state index is 13.7. The molecule has 4 N–H and O–H groups in total. The smallest absolute Gasteiger partial charge is 0.407 e. The monoisotopic (exact) mass is 591 g/mol. The van der Waals surface area contributed by atoms with Crippen molar-refractivity contribution in [3.05, 3.63) is 40.6 Å². The third-order valence-electron chi connectivity index (χ3n) is 9.04. The quantitative estimate of drug-likeness (QED) is 0.290. The van der Waals surface area contributed by atoms with Crippen LogP contribution in [0.1, 0.15) is 66.8 Å². The summed E-state index contributed by atoms with van der Waals surface area (Å²) in [7, 11) is -3.02. The van der Waals surface area contributed by atoms with Crippen molar-refractivity contribution >= 4 is 45.7 Å². The molecule has 0 spiro atoms. The van der Waals surface area contributed by atoms with E-state index in [9.17, 15) is 19.6 Å². The summed E-state index contributed by atoms with van der Waals surface area (Å²) in [6, 6.07) is 4.78. The number of anilines is 2. The van der Waals surface area contributed by atoms with E-state index < -0.39 is 54.7 Å². The molecule has 0 bridgehead atoms. The molecule has 43 heavy (non-hydrogen) atoms.